The fourth-order valence-electron chi connectivity index (χ4n) is 3.85. The predicted molar refractivity (Wildman–Crippen MR) is 135 cm³/mol. The van der Waals surface area contributed by atoms with Crippen molar-refractivity contribution in [2.75, 3.05) is 18.4 Å². The van der Waals surface area contributed by atoms with Crippen LogP contribution in [0.1, 0.15) is 54.6 Å². The Balaban J connectivity index is 1.83. The van der Waals surface area contributed by atoms with Crippen LogP contribution >= 0.6 is 0 Å². The molecular weight excluding hydrogens is 430 g/mol. The highest BCUT2D eigenvalue weighted by Crippen LogP contribution is 2.29. The summed E-state index contributed by atoms with van der Waals surface area (Å²) in [5, 5.41) is 5.47. The molecule has 4 N–H and O–H groups in total. The van der Waals surface area contributed by atoms with Crippen LogP contribution in [0, 0.1) is 0 Å². The second-order valence-corrected chi connectivity index (χ2v) is 8.17. The standard InChI is InChI=1S/C26H31N5O3/c1-3-10-31(11-4-2)26(34)21-13-19-8-9-20(14-23(19)30-24(27)15-21)25(33)29-22-7-5-6-18(12-22)16-28-17-32/h5-9,12-14,17H,3-4,10-11,15-16H2,1-2H3,(H2,27,30)(H,28,32)(H,29,33). The lowest BCUT2D eigenvalue weighted by atomic mass is 10.0. The van der Waals surface area contributed by atoms with Crippen molar-refractivity contribution in [2.45, 2.75) is 39.7 Å². The normalized spacial score (nSPS) is 12.5. The molecule has 1 heterocycles. The molecule has 0 atom stereocenters. The SMILES string of the molecule is CCCN(CCC)C(=O)C1=Cc2ccc(C(=O)Nc3cccc(CNC=O)c3)cc2N=C(N)C1. The number of nitrogens with zero attached hydrogens (tertiary/aromatic N) is 2. The number of nitrogens with one attached hydrogen (secondary N) is 2. The Labute approximate surface area is 199 Å². The summed E-state index contributed by atoms with van der Waals surface area (Å²) in [6, 6.07) is 12.4. The number of carbonyl (C=O) groups excluding carboxylic acids is 3. The molecule has 0 aromatic heterocycles. The smallest absolute Gasteiger partial charge is 0.255 e. The first kappa shape index (κ1) is 24.7. The Bertz CT molecular complexity index is 1120. The molecule has 0 spiro atoms. The molecule has 0 radical (unpaired) electrons. The molecule has 1 aliphatic heterocycles. The molecule has 2 aromatic carbocycles. The van der Waals surface area contributed by atoms with Crippen molar-refractivity contribution in [1.29, 1.82) is 0 Å². The highest BCUT2D eigenvalue weighted by Gasteiger charge is 2.21. The van der Waals surface area contributed by atoms with E-state index in [1.165, 1.54) is 0 Å². The Morgan fingerprint density at radius 3 is 2.59 bits per heavy atom. The lowest BCUT2D eigenvalue weighted by Gasteiger charge is -2.22. The van der Waals surface area contributed by atoms with E-state index < -0.39 is 0 Å². The summed E-state index contributed by atoms with van der Waals surface area (Å²) >= 11 is 0. The van der Waals surface area contributed by atoms with Gasteiger partial charge in [0.2, 0.25) is 12.3 Å². The first-order valence-electron chi connectivity index (χ1n) is 11.5. The van der Waals surface area contributed by atoms with Gasteiger partial charge in [-0.15, -0.1) is 0 Å². The fraction of sp³-hybridized carbons (Fsp3) is 0.308. The van der Waals surface area contributed by atoms with Crippen molar-refractivity contribution in [3.63, 3.8) is 0 Å². The van der Waals surface area contributed by atoms with Crippen LogP contribution in [-0.4, -0.2) is 42.0 Å². The van der Waals surface area contributed by atoms with Crippen molar-refractivity contribution < 1.29 is 14.4 Å². The van der Waals surface area contributed by atoms with Gasteiger partial charge in [0.25, 0.3) is 5.91 Å². The third kappa shape index (κ3) is 6.31. The number of nitrogens with two attached hydrogens (primary N) is 1. The number of anilines is 1. The molecule has 3 rings (SSSR count). The largest absolute Gasteiger partial charge is 0.387 e. The summed E-state index contributed by atoms with van der Waals surface area (Å²) in [5.41, 5.74) is 9.94. The summed E-state index contributed by atoms with van der Waals surface area (Å²) in [4.78, 5) is 42.8. The number of hydrogen-bond donors (Lipinski definition) is 3. The van der Waals surface area contributed by atoms with Crippen LogP contribution in [0.2, 0.25) is 0 Å². The maximum absolute atomic E-state index is 13.1. The molecule has 3 amide bonds. The zero-order valence-electron chi connectivity index (χ0n) is 19.6. The van der Waals surface area contributed by atoms with Crippen LogP contribution in [0.25, 0.3) is 6.08 Å². The Hall–Kier alpha value is -3.94. The van der Waals surface area contributed by atoms with Gasteiger partial charge in [0.05, 0.1) is 5.69 Å². The maximum Gasteiger partial charge on any atom is 0.255 e. The highest BCUT2D eigenvalue weighted by atomic mass is 16.2. The van der Waals surface area contributed by atoms with E-state index in [9.17, 15) is 14.4 Å². The fourth-order valence-corrected chi connectivity index (χ4v) is 3.85. The first-order valence-corrected chi connectivity index (χ1v) is 11.5. The van der Waals surface area contributed by atoms with E-state index in [0.29, 0.717) is 54.4 Å². The van der Waals surface area contributed by atoms with Gasteiger partial charge in [0, 0.05) is 48.4 Å². The third-order valence-corrected chi connectivity index (χ3v) is 5.38. The zero-order chi connectivity index (χ0) is 24.5. The zero-order valence-corrected chi connectivity index (χ0v) is 19.6. The molecular formula is C26H31N5O3. The Morgan fingerprint density at radius 1 is 1.12 bits per heavy atom. The minimum atomic E-state index is -0.293. The first-order chi connectivity index (χ1) is 16.4. The van der Waals surface area contributed by atoms with E-state index in [2.05, 4.69) is 15.6 Å². The molecule has 0 bridgehead atoms. The number of carbonyl (C=O) groups is 3. The van der Waals surface area contributed by atoms with E-state index in [0.717, 1.165) is 24.0 Å². The summed E-state index contributed by atoms with van der Waals surface area (Å²) in [5.74, 6) is 0.0124. The molecule has 8 nitrogen and oxygen atoms in total. The molecule has 2 aromatic rings. The van der Waals surface area contributed by atoms with Crippen molar-refractivity contribution in [3.05, 3.63) is 64.7 Å². The van der Waals surface area contributed by atoms with E-state index in [-0.39, 0.29) is 18.2 Å². The quantitative estimate of drug-likeness (QED) is 0.469. The van der Waals surface area contributed by atoms with Crippen molar-refractivity contribution in [1.82, 2.24) is 10.2 Å². The van der Waals surface area contributed by atoms with Gasteiger partial charge in [-0.05, 0) is 48.7 Å². The summed E-state index contributed by atoms with van der Waals surface area (Å²) < 4.78 is 0. The molecule has 0 unspecified atom stereocenters. The number of amidine groups is 1. The van der Waals surface area contributed by atoms with Crippen LogP contribution in [0.15, 0.2) is 53.0 Å². The Kier molecular flexibility index (Phi) is 8.56. The molecule has 0 fully saturated rings. The molecule has 0 aliphatic carbocycles. The van der Waals surface area contributed by atoms with Gasteiger partial charge >= 0.3 is 0 Å². The van der Waals surface area contributed by atoms with Gasteiger partial charge in [-0.3, -0.25) is 14.4 Å². The average Bonchev–Trinajstić information content (AvgIpc) is 2.99. The second-order valence-electron chi connectivity index (χ2n) is 8.17. The van der Waals surface area contributed by atoms with Gasteiger partial charge in [0.15, 0.2) is 0 Å². The summed E-state index contributed by atoms with van der Waals surface area (Å²) in [7, 11) is 0. The number of fused-ring (bicyclic) bond motifs is 1. The molecule has 34 heavy (non-hydrogen) atoms. The van der Waals surface area contributed by atoms with Gasteiger partial charge < -0.3 is 21.3 Å². The lowest BCUT2D eigenvalue weighted by Crippen LogP contribution is -2.34. The summed E-state index contributed by atoms with van der Waals surface area (Å²) in [6.45, 7) is 5.86. The molecule has 178 valence electrons. The lowest BCUT2D eigenvalue weighted by molar-refractivity contribution is -0.127. The number of rotatable bonds is 10. The minimum absolute atomic E-state index is 0.0273. The second kappa shape index (κ2) is 11.8. The average molecular weight is 462 g/mol. The van der Waals surface area contributed by atoms with Gasteiger partial charge in [-0.1, -0.05) is 32.0 Å². The third-order valence-electron chi connectivity index (χ3n) is 5.38. The van der Waals surface area contributed by atoms with E-state index in [1.54, 1.807) is 30.3 Å². The number of aliphatic imine (C=N–C) groups is 1. The van der Waals surface area contributed by atoms with Crippen LogP contribution in [0.3, 0.4) is 0 Å². The van der Waals surface area contributed by atoms with Crippen molar-refractivity contribution in [3.8, 4) is 0 Å². The van der Waals surface area contributed by atoms with Gasteiger partial charge in [0.1, 0.15) is 5.84 Å². The van der Waals surface area contributed by atoms with Crippen LogP contribution < -0.4 is 16.4 Å². The van der Waals surface area contributed by atoms with E-state index >= 15 is 0 Å². The van der Waals surface area contributed by atoms with Crippen LogP contribution in [0.4, 0.5) is 11.4 Å². The number of hydrogen-bond acceptors (Lipinski definition) is 5. The van der Waals surface area contributed by atoms with Crippen LogP contribution in [-0.2, 0) is 16.1 Å². The predicted octanol–water partition coefficient (Wildman–Crippen LogP) is 3.61. The maximum atomic E-state index is 13.1. The topological polar surface area (TPSA) is 117 Å². The monoisotopic (exact) mass is 461 g/mol. The van der Waals surface area contributed by atoms with Crippen molar-refractivity contribution >= 4 is 41.5 Å². The van der Waals surface area contributed by atoms with Crippen molar-refractivity contribution in [2.24, 2.45) is 10.7 Å². The number of benzene rings is 2. The molecule has 1 aliphatic rings. The summed E-state index contributed by atoms with van der Waals surface area (Å²) in [6.07, 6.45) is 4.49. The minimum Gasteiger partial charge on any atom is -0.387 e. The van der Waals surface area contributed by atoms with Gasteiger partial charge in [-0.2, -0.15) is 0 Å². The highest BCUT2D eigenvalue weighted by molar-refractivity contribution is 6.07. The van der Waals surface area contributed by atoms with E-state index in [1.807, 2.05) is 37.0 Å². The Morgan fingerprint density at radius 2 is 1.88 bits per heavy atom. The molecule has 0 saturated heterocycles. The van der Waals surface area contributed by atoms with Gasteiger partial charge in [-0.25, -0.2) is 4.99 Å². The van der Waals surface area contributed by atoms with E-state index in [4.69, 9.17) is 5.73 Å². The molecule has 8 heteroatoms. The molecule has 0 saturated carbocycles. The number of amides is 3. The van der Waals surface area contributed by atoms with Crippen LogP contribution in [0.5, 0.6) is 0 Å².